The minimum absolute atomic E-state index is 0.206. The number of nitrogens with one attached hydrogen (secondary N) is 1. The van der Waals surface area contributed by atoms with Crippen molar-refractivity contribution in [3.63, 3.8) is 0 Å². The third kappa shape index (κ3) is 1.86. The van der Waals surface area contributed by atoms with Gasteiger partial charge in [-0.1, -0.05) is 12.1 Å². The van der Waals surface area contributed by atoms with Crippen LogP contribution in [0.5, 0.6) is 5.75 Å². The highest BCUT2D eigenvalue weighted by atomic mass is 16.5. The Kier molecular flexibility index (Phi) is 2.96. The zero-order valence-corrected chi connectivity index (χ0v) is 10.6. The molecule has 2 heterocycles. The first-order valence-corrected chi connectivity index (χ1v) is 6.47. The average Bonchev–Trinajstić information content (AvgIpc) is 2.88. The van der Waals surface area contributed by atoms with E-state index < -0.39 is 0 Å². The van der Waals surface area contributed by atoms with Gasteiger partial charge in [-0.25, -0.2) is 0 Å². The lowest BCUT2D eigenvalue weighted by Crippen LogP contribution is -2.53. The third-order valence-electron chi connectivity index (χ3n) is 3.89. The first-order chi connectivity index (χ1) is 8.79. The van der Waals surface area contributed by atoms with Crippen LogP contribution >= 0.6 is 0 Å². The van der Waals surface area contributed by atoms with E-state index in [0.29, 0.717) is 6.04 Å². The molecule has 2 aliphatic heterocycles. The molecule has 0 aliphatic carbocycles. The van der Waals surface area contributed by atoms with Gasteiger partial charge in [0.05, 0.1) is 7.11 Å². The molecule has 0 saturated carbocycles. The second-order valence-electron chi connectivity index (χ2n) is 4.95. The molecule has 4 nitrogen and oxygen atoms in total. The number of piperazine rings is 1. The van der Waals surface area contributed by atoms with E-state index in [1.54, 1.807) is 7.11 Å². The van der Waals surface area contributed by atoms with Gasteiger partial charge < -0.3 is 15.0 Å². The molecule has 0 radical (unpaired) electrons. The van der Waals surface area contributed by atoms with E-state index in [4.69, 9.17) is 4.74 Å². The molecule has 3 rings (SSSR count). The monoisotopic (exact) mass is 246 g/mol. The minimum atomic E-state index is -0.213. The van der Waals surface area contributed by atoms with Gasteiger partial charge in [0, 0.05) is 19.1 Å². The Morgan fingerprint density at radius 2 is 2.33 bits per heavy atom. The number of fused-ring (bicyclic) bond motifs is 1. The third-order valence-corrected chi connectivity index (χ3v) is 3.89. The highest BCUT2D eigenvalue weighted by Crippen LogP contribution is 2.28. The smallest absolute Gasteiger partial charge is 0.244 e. The molecule has 2 aliphatic rings. The van der Waals surface area contributed by atoms with Crippen molar-refractivity contribution in [3.8, 4) is 5.75 Å². The predicted molar refractivity (Wildman–Crippen MR) is 68.5 cm³/mol. The number of carbonyl (C=O) groups is 1. The molecule has 1 aromatic rings. The zero-order valence-electron chi connectivity index (χ0n) is 10.6. The Labute approximate surface area is 107 Å². The Bertz CT molecular complexity index is 461. The second kappa shape index (κ2) is 4.61. The van der Waals surface area contributed by atoms with Gasteiger partial charge in [0.25, 0.3) is 0 Å². The number of carbonyl (C=O) groups excluding carboxylic acids is 1. The van der Waals surface area contributed by atoms with Gasteiger partial charge in [-0.05, 0) is 30.5 Å². The van der Waals surface area contributed by atoms with Gasteiger partial charge in [0.15, 0.2) is 0 Å². The Hall–Kier alpha value is -1.55. The van der Waals surface area contributed by atoms with E-state index in [1.807, 2.05) is 29.2 Å². The van der Waals surface area contributed by atoms with Crippen LogP contribution in [0.2, 0.25) is 0 Å². The van der Waals surface area contributed by atoms with E-state index in [-0.39, 0.29) is 11.9 Å². The van der Waals surface area contributed by atoms with Crippen molar-refractivity contribution in [2.75, 3.05) is 20.2 Å². The lowest BCUT2D eigenvalue weighted by molar-refractivity contribution is -0.137. The van der Waals surface area contributed by atoms with Crippen LogP contribution in [0.15, 0.2) is 24.3 Å². The van der Waals surface area contributed by atoms with Gasteiger partial charge in [-0.15, -0.1) is 0 Å². The average molecular weight is 246 g/mol. The molecule has 2 unspecified atom stereocenters. The van der Waals surface area contributed by atoms with E-state index in [2.05, 4.69) is 5.32 Å². The van der Waals surface area contributed by atoms with Crippen molar-refractivity contribution in [1.82, 2.24) is 10.2 Å². The summed E-state index contributed by atoms with van der Waals surface area (Å²) < 4.78 is 5.21. The van der Waals surface area contributed by atoms with Crippen molar-refractivity contribution in [2.24, 2.45) is 0 Å². The van der Waals surface area contributed by atoms with Crippen LogP contribution in [-0.2, 0) is 4.79 Å². The molecule has 1 N–H and O–H groups in total. The summed E-state index contributed by atoms with van der Waals surface area (Å²) in [7, 11) is 1.64. The molecule has 2 atom stereocenters. The molecular weight excluding hydrogens is 228 g/mol. The second-order valence-corrected chi connectivity index (χ2v) is 4.95. The minimum Gasteiger partial charge on any atom is -0.497 e. The largest absolute Gasteiger partial charge is 0.497 e. The molecule has 0 aromatic heterocycles. The number of nitrogens with zero attached hydrogens (tertiary/aromatic N) is 1. The van der Waals surface area contributed by atoms with Crippen molar-refractivity contribution in [3.05, 3.63) is 29.8 Å². The highest BCUT2D eigenvalue weighted by Gasteiger charge is 2.38. The standard InChI is InChI=1S/C14H18N2O2/c1-18-12-6-2-4-10(8-12)13-14(17)16-7-3-5-11(16)9-15-13/h2,4,6,8,11,13,15H,3,5,7,9H2,1H3. The molecule has 18 heavy (non-hydrogen) atoms. The van der Waals surface area contributed by atoms with Crippen molar-refractivity contribution >= 4 is 5.91 Å². The number of hydrogen-bond donors (Lipinski definition) is 1. The summed E-state index contributed by atoms with van der Waals surface area (Å²) in [5, 5.41) is 3.36. The number of methoxy groups -OCH3 is 1. The van der Waals surface area contributed by atoms with E-state index in [0.717, 1.165) is 37.2 Å². The van der Waals surface area contributed by atoms with Crippen LogP contribution in [0, 0.1) is 0 Å². The van der Waals surface area contributed by atoms with Crippen LogP contribution in [0.3, 0.4) is 0 Å². The molecule has 0 bridgehead atoms. The lowest BCUT2D eigenvalue weighted by Gasteiger charge is -2.35. The quantitative estimate of drug-likeness (QED) is 0.856. The Balaban J connectivity index is 1.85. The van der Waals surface area contributed by atoms with Crippen LogP contribution in [0.4, 0.5) is 0 Å². The van der Waals surface area contributed by atoms with E-state index >= 15 is 0 Å². The van der Waals surface area contributed by atoms with Crippen LogP contribution in [0.25, 0.3) is 0 Å². The molecule has 4 heteroatoms. The van der Waals surface area contributed by atoms with Gasteiger partial charge >= 0.3 is 0 Å². The lowest BCUT2D eigenvalue weighted by atomic mass is 10.0. The summed E-state index contributed by atoms with van der Waals surface area (Å²) in [4.78, 5) is 14.5. The molecule has 96 valence electrons. The first kappa shape index (κ1) is 11.5. The van der Waals surface area contributed by atoms with Gasteiger partial charge in [0.2, 0.25) is 5.91 Å². The van der Waals surface area contributed by atoms with Crippen LogP contribution in [-0.4, -0.2) is 37.0 Å². The summed E-state index contributed by atoms with van der Waals surface area (Å²) >= 11 is 0. The van der Waals surface area contributed by atoms with Gasteiger partial charge in [-0.3, -0.25) is 4.79 Å². The predicted octanol–water partition coefficient (Wildman–Crippen LogP) is 1.33. The number of hydrogen-bond acceptors (Lipinski definition) is 3. The number of rotatable bonds is 2. The zero-order chi connectivity index (χ0) is 12.5. The maximum atomic E-state index is 12.4. The van der Waals surface area contributed by atoms with E-state index in [9.17, 15) is 4.79 Å². The van der Waals surface area contributed by atoms with Gasteiger partial charge in [0.1, 0.15) is 11.8 Å². The fourth-order valence-electron chi connectivity index (χ4n) is 2.93. The first-order valence-electron chi connectivity index (χ1n) is 6.47. The Morgan fingerprint density at radius 3 is 3.17 bits per heavy atom. The van der Waals surface area contributed by atoms with Gasteiger partial charge in [-0.2, -0.15) is 0 Å². The van der Waals surface area contributed by atoms with Crippen LogP contribution in [0.1, 0.15) is 24.4 Å². The molecule has 2 fully saturated rings. The molecule has 1 aromatic carbocycles. The molecular formula is C14H18N2O2. The van der Waals surface area contributed by atoms with Crippen molar-refractivity contribution in [2.45, 2.75) is 24.9 Å². The summed E-state index contributed by atoms with van der Waals surface area (Å²) in [6, 6.07) is 7.93. The summed E-state index contributed by atoms with van der Waals surface area (Å²) in [6.45, 7) is 1.80. The fourth-order valence-corrected chi connectivity index (χ4v) is 2.93. The normalized spacial score (nSPS) is 27.2. The molecule has 1 amide bonds. The number of ether oxygens (including phenoxy) is 1. The van der Waals surface area contributed by atoms with Crippen molar-refractivity contribution in [1.29, 1.82) is 0 Å². The maximum absolute atomic E-state index is 12.4. The maximum Gasteiger partial charge on any atom is 0.244 e. The SMILES string of the molecule is COc1cccc(C2NCC3CCCN3C2=O)c1. The summed E-state index contributed by atoms with van der Waals surface area (Å²) in [5.74, 6) is 1.00. The highest BCUT2D eigenvalue weighted by molar-refractivity contribution is 5.84. The van der Waals surface area contributed by atoms with E-state index in [1.165, 1.54) is 0 Å². The number of amides is 1. The summed E-state index contributed by atoms with van der Waals surface area (Å²) in [6.07, 6.45) is 2.26. The Morgan fingerprint density at radius 1 is 1.44 bits per heavy atom. The van der Waals surface area contributed by atoms with Crippen molar-refractivity contribution < 1.29 is 9.53 Å². The molecule has 0 spiro atoms. The topological polar surface area (TPSA) is 41.6 Å². The fraction of sp³-hybridized carbons (Fsp3) is 0.500. The molecule has 2 saturated heterocycles. The summed E-state index contributed by atoms with van der Waals surface area (Å²) in [5.41, 5.74) is 0.990. The van der Waals surface area contributed by atoms with Crippen LogP contribution < -0.4 is 10.1 Å². The number of benzene rings is 1.